The number of fused-ring (bicyclic) bond motifs is 5. The van der Waals surface area contributed by atoms with E-state index in [-0.39, 0.29) is 24.7 Å². The van der Waals surface area contributed by atoms with Gasteiger partial charge in [0.05, 0.1) is 29.0 Å². The number of carboxylic acids is 1. The van der Waals surface area contributed by atoms with Gasteiger partial charge in [-0.1, -0.05) is 25.4 Å². The van der Waals surface area contributed by atoms with Crippen LogP contribution in [0.25, 0.3) is 32.7 Å². The molecule has 15 nitrogen and oxygen atoms in total. The molecule has 0 unspecified atom stereocenters. The van der Waals surface area contributed by atoms with Crippen molar-refractivity contribution in [1.82, 2.24) is 19.4 Å². The number of pyridine rings is 2. The highest BCUT2D eigenvalue weighted by Gasteiger charge is 2.45. The van der Waals surface area contributed by atoms with E-state index >= 15 is 0 Å². The fourth-order valence-electron chi connectivity index (χ4n) is 7.56. The summed E-state index contributed by atoms with van der Waals surface area (Å²) in [5, 5.41) is 22.6. The molecule has 0 bridgehead atoms. The highest BCUT2D eigenvalue weighted by molar-refractivity contribution is 5.90. The number of carbonyl (C=O) groups is 3. The van der Waals surface area contributed by atoms with Crippen molar-refractivity contribution in [2.75, 3.05) is 32.7 Å². The van der Waals surface area contributed by atoms with Crippen molar-refractivity contribution in [2.45, 2.75) is 83.6 Å². The number of cyclic esters (lactones) is 1. The third kappa shape index (κ3) is 6.51. The maximum absolute atomic E-state index is 13.6. The van der Waals surface area contributed by atoms with Crippen LogP contribution in [0.3, 0.4) is 0 Å². The number of aliphatic hydroxyl groups is 1. The molecule has 15 heteroatoms. The van der Waals surface area contributed by atoms with Gasteiger partial charge in [0.1, 0.15) is 18.9 Å². The molecule has 2 fully saturated rings. The molecule has 264 valence electrons. The summed E-state index contributed by atoms with van der Waals surface area (Å²) in [5.41, 5.74) is 9.89. The molecule has 0 saturated carbocycles. The van der Waals surface area contributed by atoms with Crippen molar-refractivity contribution in [3.63, 3.8) is 0 Å². The second kappa shape index (κ2) is 14.5. The van der Waals surface area contributed by atoms with Gasteiger partial charge in [0.15, 0.2) is 5.60 Å². The molecule has 3 aromatic rings. The SMILES string of the molecule is CCc1c2c(nc3ccc(OC(=O)N4CCC(N5CCCCC5)CC4)cc13)-c1cc3c(c(=O)n1C2)COC(=O)[C@]3(O)CC.[N-]=[N+]=NCC(=O)O. The lowest BCUT2D eigenvalue weighted by molar-refractivity contribution is -0.172. The van der Waals surface area contributed by atoms with E-state index in [9.17, 15) is 24.3 Å². The molecule has 2 aromatic heterocycles. The summed E-state index contributed by atoms with van der Waals surface area (Å²) in [6.07, 6.45) is 6.26. The first-order valence-corrected chi connectivity index (χ1v) is 17.2. The van der Waals surface area contributed by atoms with Crippen molar-refractivity contribution in [3.05, 3.63) is 67.3 Å². The van der Waals surface area contributed by atoms with Crippen LogP contribution in [0.2, 0.25) is 0 Å². The number of carboxylic acid groups (broad SMARTS) is 1. The van der Waals surface area contributed by atoms with Gasteiger partial charge in [0, 0.05) is 40.6 Å². The molecule has 6 heterocycles. The van der Waals surface area contributed by atoms with E-state index in [4.69, 9.17) is 25.1 Å². The maximum atomic E-state index is 13.6. The second-order valence-corrected chi connectivity index (χ2v) is 13.0. The maximum Gasteiger partial charge on any atom is 0.415 e. The van der Waals surface area contributed by atoms with E-state index in [1.165, 1.54) is 32.4 Å². The Kier molecular flexibility index (Phi) is 10.1. The van der Waals surface area contributed by atoms with Crippen molar-refractivity contribution in [1.29, 1.82) is 0 Å². The smallest absolute Gasteiger partial charge is 0.415 e. The lowest BCUT2D eigenvalue weighted by Crippen LogP contribution is -2.48. The number of hydrogen-bond donors (Lipinski definition) is 2. The monoisotopic (exact) mass is 687 g/mol. The Morgan fingerprint density at radius 1 is 1.10 bits per heavy atom. The number of aliphatic carboxylic acids is 1. The first-order valence-electron chi connectivity index (χ1n) is 17.2. The fraction of sp³-hybridized carbons (Fsp3) is 0.514. The predicted octanol–water partition coefficient (Wildman–Crippen LogP) is 4.47. The summed E-state index contributed by atoms with van der Waals surface area (Å²) in [5.74, 6) is -1.38. The molecule has 0 spiro atoms. The Balaban J connectivity index is 0.000000561. The van der Waals surface area contributed by atoms with E-state index in [0.29, 0.717) is 60.4 Å². The average Bonchev–Trinajstić information content (AvgIpc) is 3.50. The minimum Gasteiger partial charge on any atom is -0.481 e. The molecule has 1 amide bonds. The second-order valence-electron chi connectivity index (χ2n) is 13.0. The Bertz CT molecular complexity index is 1940. The molecule has 1 atom stereocenters. The molecule has 2 N–H and O–H groups in total. The van der Waals surface area contributed by atoms with Gasteiger partial charge in [-0.25, -0.2) is 14.6 Å². The zero-order valence-corrected chi connectivity index (χ0v) is 28.3. The molecule has 0 aliphatic carbocycles. The molecule has 4 aliphatic rings. The van der Waals surface area contributed by atoms with Crippen molar-refractivity contribution in [3.8, 4) is 17.1 Å². The van der Waals surface area contributed by atoms with Crippen molar-refractivity contribution in [2.24, 2.45) is 5.11 Å². The molecule has 7 rings (SSSR count). The standard InChI is InChI=1S/C33H38N4O6.C2H3N3O2/c1-3-22-23-16-21(43-32(40)36-14-10-20(11-15-36)35-12-6-5-7-13-35)8-9-27(23)34-29-24(22)18-37-28(29)17-26-25(30(37)38)19-42-31(39)33(26,41)4-2;3-5-4-1-2(6)7/h8-9,16-17,20,41H,3-7,10-15,18-19H2,1-2H3;1H2,(H,6,7)/t33-;/m0./s1. The number of amides is 1. The summed E-state index contributed by atoms with van der Waals surface area (Å²) < 4.78 is 12.7. The largest absolute Gasteiger partial charge is 0.481 e. The van der Waals surface area contributed by atoms with Gasteiger partial charge in [-0.15, -0.1) is 0 Å². The van der Waals surface area contributed by atoms with Crippen LogP contribution in [0.1, 0.15) is 74.6 Å². The number of rotatable bonds is 6. The van der Waals surface area contributed by atoms with Gasteiger partial charge in [-0.3, -0.25) is 9.59 Å². The molecule has 50 heavy (non-hydrogen) atoms. The van der Waals surface area contributed by atoms with Gasteiger partial charge in [0.2, 0.25) is 0 Å². The van der Waals surface area contributed by atoms with Crippen LogP contribution in [0.15, 0.2) is 34.2 Å². The number of nitrogens with zero attached hydrogens (tertiary/aromatic N) is 7. The van der Waals surface area contributed by atoms with Crippen LogP contribution in [-0.4, -0.2) is 86.4 Å². The van der Waals surface area contributed by atoms with Gasteiger partial charge >= 0.3 is 18.0 Å². The number of carbonyl (C=O) groups excluding carboxylic acids is 2. The minimum atomic E-state index is -1.86. The first kappa shape index (κ1) is 34.9. The van der Waals surface area contributed by atoms with E-state index in [1.807, 2.05) is 17.0 Å². The normalized spacial score (nSPS) is 20.1. The van der Waals surface area contributed by atoms with Gasteiger partial charge < -0.3 is 34.1 Å². The Hall–Kier alpha value is -4.98. The molecular weight excluding hydrogens is 646 g/mol. The van der Waals surface area contributed by atoms with E-state index < -0.39 is 24.1 Å². The van der Waals surface area contributed by atoms with Crippen LogP contribution in [-0.2, 0) is 39.5 Å². The first-order chi connectivity index (χ1) is 24.1. The highest BCUT2D eigenvalue weighted by Crippen LogP contribution is 2.41. The number of ether oxygens (including phenoxy) is 2. The molecular formula is C35H41N7O8. The summed E-state index contributed by atoms with van der Waals surface area (Å²) in [4.78, 5) is 60.2. The quantitative estimate of drug-likeness (QED) is 0.126. The van der Waals surface area contributed by atoms with E-state index in [2.05, 4.69) is 21.8 Å². The Morgan fingerprint density at radius 3 is 2.48 bits per heavy atom. The van der Waals surface area contributed by atoms with Crippen LogP contribution in [0.5, 0.6) is 5.75 Å². The van der Waals surface area contributed by atoms with Crippen LogP contribution < -0.4 is 10.3 Å². The number of aromatic nitrogens is 2. The molecule has 4 aliphatic heterocycles. The number of hydrogen-bond acceptors (Lipinski definition) is 10. The zero-order chi connectivity index (χ0) is 35.6. The summed E-state index contributed by atoms with van der Waals surface area (Å²) in [6.45, 7) is 7.17. The topological polar surface area (TPSA) is 200 Å². The zero-order valence-electron chi connectivity index (χ0n) is 28.3. The predicted molar refractivity (Wildman–Crippen MR) is 182 cm³/mol. The molecule has 0 radical (unpaired) electrons. The summed E-state index contributed by atoms with van der Waals surface area (Å²) in [6, 6.07) is 7.77. The fourth-order valence-corrected chi connectivity index (χ4v) is 7.56. The molecule has 1 aromatic carbocycles. The number of azide groups is 1. The van der Waals surface area contributed by atoms with Gasteiger partial charge in [-0.05, 0) is 87.0 Å². The Labute approximate surface area is 288 Å². The Morgan fingerprint density at radius 2 is 1.84 bits per heavy atom. The minimum absolute atomic E-state index is 0.0951. The number of benzene rings is 1. The van der Waals surface area contributed by atoms with Crippen molar-refractivity contribution >= 4 is 28.9 Å². The number of esters is 1. The average molecular weight is 688 g/mol. The van der Waals surface area contributed by atoms with Crippen LogP contribution in [0, 0.1) is 0 Å². The lowest BCUT2D eigenvalue weighted by Gasteiger charge is -2.39. The summed E-state index contributed by atoms with van der Waals surface area (Å²) in [7, 11) is 0. The third-order valence-electron chi connectivity index (χ3n) is 10.2. The van der Waals surface area contributed by atoms with E-state index in [1.54, 1.807) is 23.6 Å². The van der Waals surface area contributed by atoms with E-state index in [0.717, 1.165) is 34.9 Å². The number of piperidine rings is 2. The highest BCUT2D eigenvalue weighted by atomic mass is 16.6. The van der Waals surface area contributed by atoms with Gasteiger partial charge in [0.25, 0.3) is 5.56 Å². The van der Waals surface area contributed by atoms with Crippen molar-refractivity contribution < 1.29 is 34.1 Å². The molecule has 2 saturated heterocycles. The van der Waals surface area contributed by atoms with Gasteiger partial charge in [-0.2, -0.15) is 0 Å². The third-order valence-corrected chi connectivity index (χ3v) is 10.2. The van der Waals surface area contributed by atoms with Crippen LogP contribution >= 0.6 is 0 Å². The summed E-state index contributed by atoms with van der Waals surface area (Å²) >= 11 is 0. The van der Waals surface area contributed by atoms with Crippen LogP contribution in [0.4, 0.5) is 4.79 Å². The lowest BCUT2D eigenvalue weighted by atomic mass is 9.86. The number of likely N-dealkylation sites (tertiary alicyclic amines) is 2. The number of aryl methyl sites for hydroxylation is 1.